The van der Waals surface area contributed by atoms with Gasteiger partial charge in [-0.1, -0.05) is 30.2 Å². The monoisotopic (exact) mass is 554 g/mol. The van der Waals surface area contributed by atoms with Crippen molar-refractivity contribution in [2.45, 2.75) is 52.2 Å². The number of ether oxygens (including phenoxy) is 4. The van der Waals surface area contributed by atoms with Crippen LogP contribution in [0.25, 0.3) is 21.2 Å². The van der Waals surface area contributed by atoms with Crippen LogP contribution in [-0.4, -0.2) is 31.9 Å². The van der Waals surface area contributed by atoms with Gasteiger partial charge in [0.1, 0.15) is 24.2 Å². The smallest absolute Gasteiger partial charge is 0.307 e. The summed E-state index contributed by atoms with van der Waals surface area (Å²) in [5.41, 5.74) is 5.70. The zero-order chi connectivity index (χ0) is 27.9. The van der Waals surface area contributed by atoms with Crippen molar-refractivity contribution < 1.29 is 23.7 Å². The number of hydrogen-bond acceptors (Lipinski definition) is 6. The predicted octanol–water partition coefficient (Wildman–Crippen LogP) is 7.68. The Kier molecular flexibility index (Phi) is 9.05. The maximum atomic E-state index is 12.0. The molecule has 1 fully saturated rings. The first-order valence-corrected chi connectivity index (χ1v) is 14.6. The predicted molar refractivity (Wildman–Crippen MR) is 160 cm³/mol. The van der Waals surface area contributed by atoms with Crippen molar-refractivity contribution in [3.8, 4) is 34.5 Å². The Labute approximate surface area is 240 Å². The molecule has 0 bridgehead atoms. The molecule has 0 spiro atoms. The van der Waals surface area contributed by atoms with Gasteiger partial charge in [-0.2, -0.15) is 0 Å². The molecule has 1 saturated heterocycles. The Morgan fingerprint density at radius 3 is 2.62 bits per heavy atom. The van der Waals surface area contributed by atoms with Crippen molar-refractivity contribution in [2.24, 2.45) is 0 Å². The largest absolute Gasteiger partial charge is 0.489 e. The lowest BCUT2D eigenvalue weighted by Crippen LogP contribution is -2.15. The first-order valence-electron chi connectivity index (χ1n) is 13.7. The number of carbonyl (C=O) groups excluding carboxylic acids is 1. The summed E-state index contributed by atoms with van der Waals surface area (Å²) in [4.78, 5) is 12.0. The van der Waals surface area contributed by atoms with Crippen molar-refractivity contribution in [1.82, 2.24) is 0 Å². The normalized spacial score (nSPS) is 15.3. The average Bonchev–Trinajstić information content (AvgIpc) is 3.62. The Morgan fingerprint density at radius 2 is 1.90 bits per heavy atom. The Balaban J connectivity index is 1.27. The lowest BCUT2D eigenvalue weighted by atomic mass is 9.96. The summed E-state index contributed by atoms with van der Waals surface area (Å²) in [5.74, 6) is 7.27. The molecule has 0 amide bonds. The van der Waals surface area contributed by atoms with E-state index in [0.29, 0.717) is 19.8 Å². The molecule has 0 saturated carbocycles. The zero-order valence-corrected chi connectivity index (χ0v) is 24.0. The Bertz CT molecular complexity index is 1520. The van der Waals surface area contributed by atoms with Crippen LogP contribution in [0.4, 0.5) is 0 Å². The van der Waals surface area contributed by atoms with E-state index in [2.05, 4.69) is 60.5 Å². The quantitative estimate of drug-likeness (QED) is 0.149. The van der Waals surface area contributed by atoms with E-state index in [-0.39, 0.29) is 24.4 Å². The van der Waals surface area contributed by atoms with Gasteiger partial charge in [-0.05, 0) is 84.8 Å². The molecule has 3 aromatic carbocycles. The van der Waals surface area contributed by atoms with Gasteiger partial charge in [-0.15, -0.1) is 17.3 Å². The van der Waals surface area contributed by atoms with E-state index in [4.69, 9.17) is 18.9 Å². The molecule has 1 unspecified atom stereocenters. The second-order valence-corrected chi connectivity index (χ2v) is 10.8. The third kappa shape index (κ3) is 6.67. The van der Waals surface area contributed by atoms with Gasteiger partial charge in [-0.25, -0.2) is 0 Å². The highest BCUT2D eigenvalue weighted by atomic mass is 32.1. The molecule has 5 nitrogen and oxygen atoms in total. The highest BCUT2D eigenvalue weighted by molar-refractivity contribution is 7.17. The summed E-state index contributed by atoms with van der Waals surface area (Å²) < 4.78 is 24.0. The number of benzene rings is 3. The minimum Gasteiger partial charge on any atom is -0.489 e. The number of carbonyl (C=O) groups is 1. The zero-order valence-electron chi connectivity index (χ0n) is 23.2. The van der Waals surface area contributed by atoms with E-state index in [1.54, 1.807) is 18.3 Å². The van der Waals surface area contributed by atoms with Crippen LogP contribution in [0.5, 0.6) is 11.5 Å². The molecule has 2 heterocycles. The molecule has 1 aliphatic rings. The molecular weight excluding hydrogens is 520 g/mol. The molecule has 206 valence electrons. The van der Waals surface area contributed by atoms with Crippen molar-refractivity contribution in [3.05, 3.63) is 82.7 Å². The maximum absolute atomic E-state index is 12.0. The van der Waals surface area contributed by atoms with Gasteiger partial charge in [-0.3, -0.25) is 4.79 Å². The fourth-order valence-electron chi connectivity index (χ4n) is 4.96. The van der Waals surface area contributed by atoms with Crippen LogP contribution in [0.3, 0.4) is 0 Å². The van der Waals surface area contributed by atoms with E-state index in [9.17, 15) is 4.79 Å². The number of aryl methyl sites for hydroxylation is 1. The van der Waals surface area contributed by atoms with Gasteiger partial charge in [0.05, 0.1) is 32.2 Å². The highest BCUT2D eigenvalue weighted by Crippen LogP contribution is 2.37. The minimum atomic E-state index is -0.239. The Hall–Kier alpha value is -3.79. The maximum Gasteiger partial charge on any atom is 0.307 e. The van der Waals surface area contributed by atoms with E-state index in [1.807, 2.05) is 31.2 Å². The number of fused-ring (bicyclic) bond motifs is 1. The van der Waals surface area contributed by atoms with E-state index in [0.717, 1.165) is 35.7 Å². The average molecular weight is 555 g/mol. The third-order valence-corrected chi connectivity index (χ3v) is 7.96. The standard InChI is InChI=1S/C34H34O5S/c1-4-6-26(19-34(35)37-5-2)25-8-10-27(11-9-25)38-20-24-7-14-33-31(18-24)32(22-40-33)30-13-12-28(17-23(30)3)39-29-15-16-36-21-29/h7-14,17-18,22,26,29H,5,15-16,19-21H2,1-3H3/t26-,29?/m0/s1. The first kappa shape index (κ1) is 27.8. The summed E-state index contributed by atoms with van der Waals surface area (Å²) in [7, 11) is 0. The van der Waals surface area contributed by atoms with Crippen LogP contribution in [0, 0.1) is 18.8 Å². The van der Waals surface area contributed by atoms with E-state index < -0.39 is 0 Å². The summed E-state index contributed by atoms with van der Waals surface area (Å²) in [6, 6.07) is 20.7. The van der Waals surface area contributed by atoms with Crippen molar-refractivity contribution in [1.29, 1.82) is 0 Å². The minimum absolute atomic E-state index is 0.141. The summed E-state index contributed by atoms with van der Waals surface area (Å²) in [5, 5.41) is 3.45. The molecule has 1 aliphatic heterocycles. The van der Waals surface area contributed by atoms with Crippen LogP contribution >= 0.6 is 11.3 Å². The molecule has 4 aromatic rings. The number of thiophene rings is 1. The van der Waals surface area contributed by atoms with Crippen molar-refractivity contribution in [3.63, 3.8) is 0 Å². The third-order valence-electron chi connectivity index (χ3n) is 7.00. The van der Waals surface area contributed by atoms with Gasteiger partial charge in [0.2, 0.25) is 0 Å². The van der Waals surface area contributed by atoms with Crippen molar-refractivity contribution in [2.75, 3.05) is 19.8 Å². The van der Waals surface area contributed by atoms with Gasteiger partial charge < -0.3 is 18.9 Å². The molecule has 5 rings (SSSR count). The fraction of sp³-hybridized carbons (Fsp3) is 0.324. The topological polar surface area (TPSA) is 54.0 Å². The second-order valence-electron chi connectivity index (χ2n) is 9.87. The molecule has 40 heavy (non-hydrogen) atoms. The molecule has 1 aromatic heterocycles. The van der Waals surface area contributed by atoms with E-state index >= 15 is 0 Å². The molecule has 0 radical (unpaired) electrons. The highest BCUT2D eigenvalue weighted by Gasteiger charge is 2.18. The molecule has 6 heteroatoms. The van der Waals surface area contributed by atoms with Crippen LogP contribution in [0.15, 0.2) is 66.0 Å². The van der Waals surface area contributed by atoms with Gasteiger partial charge in [0.15, 0.2) is 0 Å². The van der Waals surface area contributed by atoms with Gasteiger partial charge >= 0.3 is 5.97 Å². The van der Waals surface area contributed by atoms with E-state index in [1.165, 1.54) is 26.8 Å². The summed E-state index contributed by atoms with van der Waals surface area (Å²) in [6.07, 6.45) is 1.32. The molecule has 0 N–H and O–H groups in total. The van der Waals surface area contributed by atoms with Crippen molar-refractivity contribution >= 4 is 27.4 Å². The number of hydrogen-bond donors (Lipinski definition) is 0. The van der Waals surface area contributed by atoms with Crippen LogP contribution in [0.1, 0.15) is 49.3 Å². The lowest BCUT2D eigenvalue weighted by Gasteiger charge is -2.14. The number of rotatable bonds is 10. The molecule has 0 aliphatic carbocycles. The van der Waals surface area contributed by atoms with Crippen LogP contribution in [0.2, 0.25) is 0 Å². The fourth-order valence-corrected chi connectivity index (χ4v) is 5.90. The van der Waals surface area contributed by atoms with Gasteiger partial charge in [0, 0.05) is 22.1 Å². The van der Waals surface area contributed by atoms with Crippen LogP contribution < -0.4 is 9.47 Å². The summed E-state index contributed by atoms with van der Waals surface area (Å²) in [6.45, 7) is 7.98. The first-order chi connectivity index (χ1) is 19.5. The van der Waals surface area contributed by atoms with Gasteiger partial charge in [0.25, 0.3) is 0 Å². The lowest BCUT2D eigenvalue weighted by molar-refractivity contribution is -0.143. The SMILES string of the molecule is CC#C[C@@H](CC(=O)OCC)c1ccc(OCc2ccc3scc(-c4ccc(OC5CCOC5)cc4C)c3c2)cc1. The Morgan fingerprint density at radius 1 is 1.07 bits per heavy atom. The molecular formula is C34H34O5S. The van der Waals surface area contributed by atoms with Crippen LogP contribution in [-0.2, 0) is 20.9 Å². The second kappa shape index (κ2) is 13.0. The summed E-state index contributed by atoms with van der Waals surface area (Å²) >= 11 is 1.75. The number of esters is 1. The molecule has 2 atom stereocenters.